The molecule has 0 radical (unpaired) electrons. The van der Waals surface area contributed by atoms with Gasteiger partial charge < -0.3 is 10.5 Å². The minimum atomic E-state index is 0.168. The summed E-state index contributed by atoms with van der Waals surface area (Å²) in [6.45, 7) is 8.18. The van der Waals surface area contributed by atoms with Crippen LogP contribution in [0, 0.1) is 6.92 Å². The van der Waals surface area contributed by atoms with Crippen molar-refractivity contribution >= 4 is 0 Å². The lowest BCUT2D eigenvalue weighted by molar-refractivity contribution is 0.239. The van der Waals surface area contributed by atoms with E-state index in [0.29, 0.717) is 0 Å². The van der Waals surface area contributed by atoms with E-state index < -0.39 is 0 Å². The van der Waals surface area contributed by atoms with E-state index in [1.807, 2.05) is 26.8 Å². The molecule has 0 heterocycles. The second kappa shape index (κ2) is 5.17. The Morgan fingerprint density at radius 1 is 1.27 bits per heavy atom. The molecule has 0 saturated carbocycles. The molecular formula is C13H21NO. The number of aryl methyl sites for hydroxylation is 1. The highest BCUT2D eigenvalue weighted by Gasteiger charge is 2.07. The predicted octanol–water partition coefficient (Wildman–Crippen LogP) is 2.67. The first-order chi connectivity index (χ1) is 6.99. The summed E-state index contributed by atoms with van der Waals surface area (Å²) < 4.78 is 5.75. The third kappa shape index (κ3) is 3.92. The smallest absolute Gasteiger partial charge is 0.122 e. The molecule has 0 bridgehead atoms. The van der Waals surface area contributed by atoms with E-state index in [-0.39, 0.29) is 12.1 Å². The molecule has 0 saturated heterocycles. The molecule has 1 rings (SSSR count). The van der Waals surface area contributed by atoms with Crippen molar-refractivity contribution < 1.29 is 4.74 Å². The van der Waals surface area contributed by atoms with Crippen LogP contribution in [0.4, 0.5) is 0 Å². The van der Waals surface area contributed by atoms with Gasteiger partial charge in [0.1, 0.15) is 5.75 Å². The second-order valence-electron chi connectivity index (χ2n) is 4.46. The third-order valence-corrected chi connectivity index (χ3v) is 2.12. The molecule has 2 heteroatoms. The Labute approximate surface area is 92.4 Å². The molecule has 1 aromatic carbocycles. The van der Waals surface area contributed by atoms with E-state index in [9.17, 15) is 0 Å². The van der Waals surface area contributed by atoms with Crippen LogP contribution in [0.3, 0.4) is 0 Å². The van der Waals surface area contributed by atoms with Crippen molar-refractivity contribution in [3.63, 3.8) is 0 Å². The molecular weight excluding hydrogens is 186 g/mol. The van der Waals surface area contributed by atoms with Gasteiger partial charge in [0.15, 0.2) is 0 Å². The fraction of sp³-hybridized carbons (Fsp3) is 0.538. The molecule has 0 aromatic heterocycles. The zero-order valence-corrected chi connectivity index (χ0v) is 10.1. The summed E-state index contributed by atoms with van der Waals surface area (Å²) in [6, 6.07) is 6.43. The lowest BCUT2D eigenvalue weighted by Crippen LogP contribution is -2.19. The van der Waals surface area contributed by atoms with Crippen molar-refractivity contribution in [1.82, 2.24) is 0 Å². The maximum Gasteiger partial charge on any atom is 0.122 e. The van der Waals surface area contributed by atoms with Gasteiger partial charge in [-0.2, -0.15) is 0 Å². The number of hydrogen-bond acceptors (Lipinski definition) is 2. The Bertz CT molecular complexity index is 318. The van der Waals surface area contributed by atoms with Crippen LogP contribution in [0.1, 0.15) is 31.9 Å². The molecule has 0 amide bonds. The zero-order valence-electron chi connectivity index (χ0n) is 10.1. The van der Waals surface area contributed by atoms with E-state index >= 15 is 0 Å². The molecule has 1 unspecified atom stereocenters. The average molecular weight is 207 g/mol. The second-order valence-corrected chi connectivity index (χ2v) is 4.46. The lowest BCUT2D eigenvalue weighted by Gasteiger charge is -2.16. The first-order valence-electron chi connectivity index (χ1n) is 5.51. The van der Waals surface area contributed by atoms with Crippen molar-refractivity contribution in [3.05, 3.63) is 29.3 Å². The van der Waals surface area contributed by atoms with Gasteiger partial charge in [-0.1, -0.05) is 17.7 Å². The van der Waals surface area contributed by atoms with Gasteiger partial charge >= 0.3 is 0 Å². The van der Waals surface area contributed by atoms with Crippen LogP contribution in [0.5, 0.6) is 5.75 Å². The molecule has 1 atom stereocenters. The number of nitrogens with two attached hydrogens (primary N) is 1. The van der Waals surface area contributed by atoms with Gasteiger partial charge in [-0.3, -0.25) is 0 Å². The average Bonchev–Trinajstić information content (AvgIpc) is 2.08. The monoisotopic (exact) mass is 207 g/mol. The standard InChI is InChI=1S/C13H21NO/c1-9(2)15-13-6-5-10(3)7-12(13)8-11(4)14/h5-7,9,11H,8,14H2,1-4H3. The van der Waals surface area contributed by atoms with E-state index in [4.69, 9.17) is 10.5 Å². The normalized spacial score (nSPS) is 12.9. The Morgan fingerprint density at radius 2 is 1.93 bits per heavy atom. The van der Waals surface area contributed by atoms with Crippen molar-refractivity contribution in [1.29, 1.82) is 0 Å². The lowest BCUT2D eigenvalue weighted by atomic mass is 10.0. The maximum absolute atomic E-state index is 5.82. The quantitative estimate of drug-likeness (QED) is 0.823. The minimum Gasteiger partial charge on any atom is -0.491 e. The minimum absolute atomic E-state index is 0.168. The topological polar surface area (TPSA) is 35.2 Å². The summed E-state index contributed by atoms with van der Waals surface area (Å²) in [5, 5.41) is 0. The third-order valence-electron chi connectivity index (χ3n) is 2.12. The summed E-state index contributed by atoms with van der Waals surface area (Å²) in [7, 11) is 0. The van der Waals surface area contributed by atoms with Crippen LogP contribution >= 0.6 is 0 Å². The summed E-state index contributed by atoms with van der Waals surface area (Å²) in [4.78, 5) is 0. The largest absolute Gasteiger partial charge is 0.491 e. The van der Waals surface area contributed by atoms with Crippen LogP contribution < -0.4 is 10.5 Å². The summed E-state index contributed by atoms with van der Waals surface area (Å²) in [5.41, 5.74) is 8.28. The fourth-order valence-corrected chi connectivity index (χ4v) is 1.58. The molecule has 15 heavy (non-hydrogen) atoms. The first-order valence-corrected chi connectivity index (χ1v) is 5.51. The Balaban J connectivity index is 2.92. The molecule has 0 fully saturated rings. The van der Waals surface area contributed by atoms with Crippen molar-refractivity contribution in [2.45, 2.75) is 46.3 Å². The Morgan fingerprint density at radius 3 is 2.47 bits per heavy atom. The number of benzene rings is 1. The number of ether oxygens (including phenoxy) is 1. The van der Waals surface area contributed by atoms with Gasteiger partial charge in [0.2, 0.25) is 0 Å². The van der Waals surface area contributed by atoms with Crippen LogP contribution in [0.25, 0.3) is 0 Å². The molecule has 0 aliphatic carbocycles. The molecule has 84 valence electrons. The van der Waals surface area contributed by atoms with Crippen molar-refractivity contribution in [2.24, 2.45) is 5.73 Å². The fourth-order valence-electron chi connectivity index (χ4n) is 1.58. The molecule has 0 aliphatic rings. The highest BCUT2D eigenvalue weighted by Crippen LogP contribution is 2.22. The van der Waals surface area contributed by atoms with Crippen LogP contribution in [0.15, 0.2) is 18.2 Å². The maximum atomic E-state index is 5.82. The Hall–Kier alpha value is -1.02. The van der Waals surface area contributed by atoms with E-state index in [0.717, 1.165) is 12.2 Å². The van der Waals surface area contributed by atoms with Gasteiger partial charge in [0.05, 0.1) is 6.10 Å². The van der Waals surface area contributed by atoms with E-state index in [1.54, 1.807) is 0 Å². The van der Waals surface area contributed by atoms with E-state index in [2.05, 4.69) is 19.1 Å². The van der Waals surface area contributed by atoms with E-state index in [1.165, 1.54) is 11.1 Å². The summed E-state index contributed by atoms with van der Waals surface area (Å²) in [5.74, 6) is 0.966. The number of rotatable bonds is 4. The SMILES string of the molecule is Cc1ccc(OC(C)C)c(CC(C)N)c1. The summed E-state index contributed by atoms with van der Waals surface area (Å²) >= 11 is 0. The highest BCUT2D eigenvalue weighted by molar-refractivity contribution is 5.37. The van der Waals surface area contributed by atoms with Crippen LogP contribution in [-0.2, 0) is 6.42 Å². The molecule has 2 nitrogen and oxygen atoms in total. The van der Waals surface area contributed by atoms with Gasteiger partial charge in [-0.15, -0.1) is 0 Å². The predicted molar refractivity (Wildman–Crippen MR) is 64.3 cm³/mol. The van der Waals surface area contributed by atoms with Crippen LogP contribution in [-0.4, -0.2) is 12.1 Å². The number of hydrogen-bond donors (Lipinski definition) is 1. The first kappa shape index (κ1) is 12.1. The zero-order chi connectivity index (χ0) is 11.4. The van der Waals surface area contributed by atoms with Crippen molar-refractivity contribution in [3.8, 4) is 5.75 Å². The van der Waals surface area contributed by atoms with Gasteiger partial charge in [0.25, 0.3) is 0 Å². The van der Waals surface area contributed by atoms with Gasteiger partial charge in [-0.25, -0.2) is 0 Å². The molecule has 0 spiro atoms. The highest BCUT2D eigenvalue weighted by atomic mass is 16.5. The van der Waals surface area contributed by atoms with Gasteiger partial charge in [-0.05, 0) is 45.7 Å². The molecule has 2 N–H and O–H groups in total. The molecule has 1 aromatic rings. The van der Waals surface area contributed by atoms with Crippen LogP contribution in [0.2, 0.25) is 0 Å². The van der Waals surface area contributed by atoms with Crippen molar-refractivity contribution in [2.75, 3.05) is 0 Å². The molecule has 0 aliphatic heterocycles. The Kier molecular flexibility index (Phi) is 4.15. The van der Waals surface area contributed by atoms with Gasteiger partial charge in [0, 0.05) is 6.04 Å². The summed E-state index contributed by atoms with van der Waals surface area (Å²) in [6.07, 6.45) is 1.07.